The van der Waals surface area contributed by atoms with Crippen molar-refractivity contribution in [2.24, 2.45) is 0 Å². The maximum atomic E-state index is 12.8. The second-order valence-electron chi connectivity index (χ2n) is 6.66. The molecule has 0 saturated carbocycles. The number of fused-ring (bicyclic) bond motifs is 1. The molecular formula is C21H21NO4S. The van der Waals surface area contributed by atoms with E-state index < -0.39 is 10.9 Å². The van der Waals surface area contributed by atoms with E-state index in [1.165, 1.54) is 0 Å². The van der Waals surface area contributed by atoms with Crippen LogP contribution >= 0.6 is 11.8 Å². The first-order valence-corrected chi connectivity index (χ1v) is 9.94. The molecule has 1 amide bonds. The predicted octanol–water partition coefficient (Wildman–Crippen LogP) is 3.33. The molecule has 0 N–H and O–H groups in total. The molecule has 6 heteroatoms. The molecule has 4 rings (SSSR count). The number of carbonyl (C=O) groups excluding carboxylic acids is 2. The van der Waals surface area contributed by atoms with Crippen LogP contribution in [-0.4, -0.2) is 35.7 Å². The molecule has 27 heavy (non-hydrogen) atoms. The third kappa shape index (κ3) is 3.08. The van der Waals surface area contributed by atoms with Gasteiger partial charge in [-0.3, -0.25) is 4.79 Å². The second kappa shape index (κ2) is 7.27. The molecule has 0 spiro atoms. The number of nitrogens with zero attached hydrogens (tertiary/aromatic N) is 1. The van der Waals surface area contributed by atoms with Gasteiger partial charge in [0, 0.05) is 17.7 Å². The van der Waals surface area contributed by atoms with Crippen molar-refractivity contribution in [2.75, 3.05) is 12.9 Å². The standard InChI is InChI=1S/C21H21NO4S/c1-25-18-10-6-5-7-15(18)13-26-20(24)17-14-27-21(12-11-19(23)22(17)21)16-8-3-2-4-9-16/h2-10,17H,11-14H2,1H3/t17-,21-/m1/s1. The highest BCUT2D eigenvalue weighted by atomic mass is 32.2. The highest BCUT2D eigenvalue weighted by Gasteiger charge is 2.57. The number of para-hydroxylation sites is 1. The fourth-order valence-electron chi connectivity index (χ4n) is 3.88. The average Bonchev–Trinajstić information content (AvgIpc) is 3.26. The molecule has 2 fully saturated rings. The Bertz CT molecular complexity index is 856. The zero-order chi connectivity index (χ0) is 18.9. The summed E-state index contributed by atoms with van der Waals surface area (Å²) >= 11 is 1.66. The highest BCUT2D eigenvalue weighted by molar-refractivity contribution is 8.00. The van der Waals surface area contributed by atoms with Crippen LogP contribution in [0.5, 0.6) is 5.75 Å². The lowest BCUT2D eigenvalue weighted by atomic mass is 10.0. The van der Waals surface area contributed by atoms with Gasteiger partial charge in [-0.05, 0) is 18.1 Å². The summed E-state index contributed by atoms with van der Waals surface area (Å²) in [5.41, 5.74) is 1.88. The van der Waals surface area contributed by atoms with Crippen LogP contribution < -0.4 is 4.74 Å². The Kier molecular flexibility index (Phi) is 4.83. The lowest BCUT2D eigenvalue weighted by Gasteiger charge is -2.33. The molecule has 140 valence electrons. The normalized spacial score (nSPS) is 24.0. The lowest BCUT2D eigenvalue weighted by molar-refractivity contribution is -0.155. The van der Waals surface area contributed by atoms with Gasteiger partial charge >= 0.3 is 5.97 Å². The van der Waals surface area contributed by atoms with Crippen molar-refractivity contribution in [3.05, 3.63) is 65.7 Å². The minimum atomic E-state index is -0.556. The second-order valence-corrected chi connectivity index (χ2v) is 7.96. The summed E-state index contributed by atoms with van der Waals surface area (Å²) in [4.78, 5) is 26.7. The third-order valence-electron chi connectivity index (χ3n) is 5.19. The number of carbonyl (C=O) groups is 2. The summed E-state index contributed by atoms with van der Waals surface area (Å²) < 4.78 is 10.9. The van der Waals surface area contributed by atoms with Crippen LogP contribution in [0.1, 0.15) is 24.0 Å². The molecular weight excluding hydrogens is 362 g/mol. The van der Waals surface area contributed by atoms with Crippen LogP contribution in [0.4, 0.5) is 0 Å². The minimum Gasteiger partial charge on any atom is -0.496 e. The first kappa shape index (κ1) is 17.9. The Balaban J connectivity index is 1.53. The Morgan fingerprint density at radius 1 is 1.19 bits per heavy atom. The number of hydrogen-bond acceptors (Lipinski definition) is 5. The van der Waals surface area contributed by atoms with Gasteiger partial charge in [-0.15, -0.1) is 11.8 Å². The summed E-state index contributed by atoms with van der Waals surface area (Å²) in [6.07, 6.45) is 1.18. The molecule has 2 aliphatic rings. The topological polar surface area (TPSA) is 55.8 Å². The lowest BCUT2D eigenvalue weighted by Crippen LogP contribution is -2.46. The zero-order valence-corrected chi connectivity index (χ0v) is 15.9. The summed E-state index contributed by atoms with van der Waals surface area (Å²) in [6, 6.07) is 16.8. The van der Waals surface area contributed by atoms with Gasteiger partial charge in [-0.2, -0.15) is 0 Å². The van der Waals surface area contributed by atoms with E-state index in [4.69, 9.17) is 9.47 Å². The first-order valence-electron chi connectivity index (χ1n) is 8.96. The maximum Gasteiger partial charge on any atom is 0.330 e. The number of rotatable bonds is 5. The van der Waals surface area contributed by atoms with Crippen LogP contribution in [0.2, 0.25) is 0 Å². The fourth-order valence-corrected chi connectivity index (χ4v) is 5.52. The van der Waals surface area contributed by atoms with Gasteiger partial charge in [0.05, 0.1) is 7.11 Å². The number of ether oxygens (including phenoxy) is 2. The maximum absolute atomic E-state index is 12.8. The fraction of sp³-hybridized carbons (Fsp3) is 0.333. The van der Waals surface area contributed by atoms with E-state index in [0.717, 1.165) is 17.5 Å². The summed E-state index contributed by atoms with van der Waals surface area (Å²) in [5, 5.41) is 0. The number of amides is 1. The third-order valence-corrected chi connectivity index (χ3v) is 6.78. The smallest absolute Gasteiger partial charge is 0.330 e. The van der Waals surface area contributed by atoms with E-state index in [9.17, 15) is 9.59 Å². The number of esters is 1. The molecule has 0 unspecified atom stereocenters. The van der Waals surface area contributed by atoms with E-state index in [2.05, 4.69) is 0 Å². The Morgan fingerprint density at radius 3 is 2.70 bits per heavy atom. The van der Waals surface area contributed by atoms with Gasteiger partial charge in [0.2, 0.25) is 5.91 Å². The quantitative estimate of drug-likeness (QED) is 0.742. The Labute approximate surface area is 162 Å². The van der Waals surface area contributed by atoms with Gasteiger partial charge in [0.15, 0.2) is 0 Å². The van der Waals surface area contributed by atoms with Gasteiger partial charge < -0.3 is 14.4 Å². The van der Waals surface area contributed by atoms with Crippen LogP contribution in [0.25, 0.3) is 0 Å². The van der Waals surface area contributed by atoms with Gasteiger partial charge in [0.25, 0.3) is 0 Å². The SMILES string of the molecule is COc1ccccc1COC(=O)[C@H]1CS[C@@]2(c3ccccc3)CCC(=O)N12. The Morgan fingerprint density at radius 2 is 1.93 bits per heavy atom. The molecule has 0 bridgehead atoms. The van der Waals surface area contributed by atoms with Crippen LogP contribution in [0.3, 0.4) is 0 Å². The van der Waals surface area contributed by atoms with Crippen LogP contribution in [0.15, 0.2) is 54.6 Å². The largest absolute Gasteiger partial charge is 0.496 e. The first-order chi connectivity index (χ1) is 13.2. The van der Waals surface area contributed by atoms with Crippen molar-refractivity contribution in [2.45, 2.75) is 30.4 Å². The van der Waals surface area contributed by atoms with Crippen molar-refractivity contribution in [1.29, 1.82) is 0 Å². The highest BCUT2D eigenvalue weighted by Crippen LogP contribution is 2.54. The Hall–Kier alpha value is -2.47. The number of hydrogen-bond donors (Lipinski definition) is 0. The van der Waals surface area contributed by atoms with Crippen molar-refractivity contribution < 1.29 is 19.1 Å². The summed E-state index contributed by atoms with van der Waals surface area (Å²) in [5.74, 6) is 0.886. The van der Waals surface area contributed by atoms with E-state index in [1.807, 2.05) is 54.6 Å². The number of thioether (sulfide) groups is 1. The molecule has 0 radical (unpaired) electrons. The molecule has 2 aromatic carbocycles. The van der Waals surface area contributed by atoms with Crippen molar-refractivity contribution in [1.82, 2.24) is 4.90 Å². The van der Waals surface area contributed by atoms with Crippen molar-refractivity contribution >= 4 is 23.6 Å². The molecule has 2 atom stereocenters. The van der Waals surface area contributed by atoms with E-state index in [-0.39, 0.29) is 18.5 Å². The van der Waals surface area contributed by atoms with E-state index in [0.29, 0.717) is 17.9 Å². The molecule has 0 aliphatic carbocycles. The summed E-state index contributed by atoms with van der Waals surface area (Å²) in [7, 11) is 1.59. The number of benzene rings is 2. The zero-order valence-electron chi connectivity index (χ0n) is 15.1. The van der Waals surface area contributed by atoms with Gasteiger partial charge in [0.1, 0.15) is 23.3 Å². The minimum absolute atomic E-state index is 0.0168. The van der Waals surface area contributed by atoms with E-state index in [1.54, 1.807) is 23.8 Å². The molecule has 5 nitrogen and oxygen atoms in total. The van der Waals surface area contributed by atoms with Gasteiger partial charge in [-0.25, -0.2) is 4.79 Å². The molecule has 2 aliphatic heterocycles. The van der Waals surface area contributed by atoms with Gasteiger partial charge in [-0.1, -0.05) is 48.5 Å². The average molecular weight is 383 g/mol. The molecule has 2 saturated heterocycles. The molecule has 2 heterocycles. The number of methoxy groups -OCH3 is 1. The summed E-state index contributed by atoms with van der Waals surface area (Å²) in [6.45, 7) is 0.129. The molecule has 0 aromatic heterocycles. The molecule has 2 aromatic rings. The van der Waals surface area contributed by atoms with E-state index >= 15 is 0 Å². The monoisotopic (exact) mass is 383 g/mol. The van der Waals surface area contributed by atoms with Crippen LogP contribution in [-0.2, 0) is 25.8 Å². The predicted molar refractivity (Wildman–Crippen MR) is 103 cm³/mol. The van der Waals surface area contributed by atoms with Crippen LogP contribution in [0, 0.1) is 0 Å². The van der Waals surface area contributed by atoms with Crippen molar-refractivity contribution in [3.63, 3.8) is 0 Å². The van der Waals surface area contributed by atoms with Crippen molar-refractivity contribution in [3.8, 4) is 5.75 Å².